The molecule has 2 fully saturated rings. The molecule has 1 aromatic rings. The van der Waals surface area contributed by atoms with E-state index in [-0.39, 0.29) is 5.54 Å². The van der Waals surface area contributed by atoms with E-state index in [2.05, 4.69) is 46.8 Å². The minimum absolute atomic E-state index is 0.260. The Morgan fingerprint density at radius 2 is 2.00 bits per heavy atom. The van der Waals surface area contributed by atoms with Gasteiger partial charge in [0.2, 0.25) is 0 Å². The molecule has 21 heavy (non-hydrogen) atoms. The Morgan fingerprint density at radius 1 is 1.24 bits per heavy atom. The minimum Gasteiger partial charge on any atom is -0.378 e. The fourth-order valence-electron chi connectivity index (χ4n) is 2.97. The van der Waals surface area contributed by atoms with Gasteiger partial charge in [-0.3, -0.25) is 9.80 Å². The van der Waals surface area contributed by atoms with Crippen molar-refractivity contribution in [2.45, 2.75) is 25.9 Å². The van der Waals surface area contributed by atoms with E-state index in [1.165, 1.54) is 4.88 Å². The van der Waals surface area contributed by atoms with Gasteiger partial charge >= 0.3 is 0 Å². The molecule has 3 rings (SSSR count). The van der Waals surface area contributed by atoms with Crippen molar-refractivity contribution in [1.29, 1.82) is 0 Å². The number of ether oxygens (including phenoxy) is 1. The zero-order valence-corrected chi connectivity index (χ0v) is 14.2. The van der Waals surface area contributed by atoms with Gasteiger partial charge in [0.15, 0.2) is 5.13 Å². The summed E-state index contributed by atoms with van der Waals surface area (Å²) >= 11 is 1.84. The van der Waals surface area contributed by atoms with Gasteiger partial charge in [-0.1, -0.05) is 0 Å². The smallest absolute Gasteiger partial charge is 0.185 e. The lowest BCUT2D eigenvalue weighted by atomic mass is 10.00. The van der Waals surface area contributed by atoms with Gasteiger partial charge < -0.3 is 9.64 Å². The van der Waals surface area contributed by atoms with E-state index in [1.54, 1.807) is 0 Å². The van der Waals surface area contributed by atoms with Gasteiger partial charge in [0.1, 0.15) is 0 Å². The quantitative estimate of drug-likeness (QED) is 0.845. The Bertz CT molecular complexity index is 470. The Morgan fingerprint density at radius 3 is 2.71 bits per heavy atom. The van der Waals surface area contributed by atoms with Crippen molar-refractivity contribution in [2.75, 3.05) is 57.9 Å². The second-order valence-electron chi connectivity index (χ2n) is 6.65. The van der Waals surface area contributed by atoms with E-state index in [1.807, 2.05) is 11.3 Å². The van der Waals surface area contributed by atoms with E-state index < -0.39 is 0 Å². The first-order valence-corrected chi connectivity index (χ1v) is 8.57. The predicted molar refractivity (Wildman–Crippen MR) is 87.1 cm³/mol. The third-order valence-corrected chi connectivity index (χ3v) is 5.64. The van der Waals surface area contributed by atoms with Crippen LogP contribution in [0.4, 0.5) is 5.13 Å². The second-order valence-corrected chi connectivity index (χ2v) is 7.75. The van der Waals surface area contributed by atoms with Gasteiger partial charge in [-0.05, 0) is 20.9 Å². The Labute approximate surface area is 131 Å². The first kappa shape index (κ1) is 15.2. The molecule has 0 spiro atoms. The van der Waals surface area contributed by atoms with E-state index >= 15 is 0 Å². The predicted octanol–water partition coefficient (Wildman–Crippen LogP) is 1.51. The van der Waals surface area contributed by atoms with Crippen molar-refractivity contribution in [3.8, 4) is 0 Å². The highest BCUT2D eigenvalue weighted by atomic mass is 32.1. The highest BCUT2D eigenvalue weighted by Crippen LogP contribution is 2.26. The maximum atomic E-state index is 5.40. The number of rotatable bonds is 3. The number of likely N-dealkylation sites (N-methyl/N-ethyl adjacent to an activating group) is 1. The molecule has 0 atom stereocenters. The molecule has 1 aromatic heterocycles. The first-order valence-electron chi connectivity index (χ1n) is 7.75. The Hall–Kier alpha value is -0.690. The molecule has 0 bridgehead atoms. The average Bonchev–Trinajstić information content (AvgIpc) is 2.92. The lowest BCUT2D eigenvalue weighted by Gasteiger charge is -2.45. The standard InChI is InChI=1S/C15H26N4OS/c1-15(2)12-18(5-4-17(15)3)11-13-10-16-14(21-13)19-6-8-20-9-7-19/h10H,4-9,11-12H2,1-3H3. The first-order chi connectivity index (χ1) is 10.0. The number of hydrogen-bond donors (Lipinski definition) is 0. The maximum Gasteiger partial charge on any atom is 0.185 e. The van der Waals surface area contributed by atoms with Gasteiger partial charge in [0.05, 0.1) is 13.2 Å². The Kier molecular flexibility index (Phi) is 4.49. The molecular weight excluding hydrogens is 284 g/mol. The molecule has 0 unspecified atom stereocenters. The van der Waals surface area contributed by atoms with Gasteiger partial charge in [-0.25, -0.2) is 4.98 Å². The van der Waals surface area contributed by atoms with Crippen LogP contribution in [0.1, 0.15) is 18.7 Å². The highest BCUT2D eigenvalue weighted by Gasteiger charge is 2.31. The van der Waals surface area contributed by atoms with Gasteiger partial charge in [-0.15, -0.1) is 11.3 Å². The van der Waals surface area contributed by atoms with E-state index in [0.717, 1.165) is 57.6 Å². The number of anilines is 1. The molecule has 0 amide bonds. The van der Waals surface area contributed by atoms with Crippen molar-refractivity contribution >= 4 is 16.5 Å². The molecule has 6 heteroatoms. The molecule has 3 heterocycles. The van der Waals surface area contributed by atoms with Crippen LogP contribution in [0.3, 0.4) is 0 Å². The summed E-state index contributed by atoms with van der Waals surface area (Å²) in [5, 5.41) is 1.15. The number of piperazine rings is 1. The molecule has 0 radical (unpaired) electrons. The van der Waals surface area contributed by atoms with Crippen molar-refractivity contribution in [2.24, 2.45) is 0 Å². The molecule has 0 aromatic carbocycles. The summed E-state index contributed by atoms with van der Waals surface area (Å²) in [7, 11) is 2.22. The van der Waals surface area contributed by atoms with E-state index in [0.29, 0.717) is 0 Å². The number of morpholine rings is 1. The molecule has 0 saturated carbocycles. The normalized spacial score (nSPS) is 24.4. The topological polar surface area (TPSA) is 31.8 Å². The van der Waals surface area contributed by atoms with Gasteiger partial charge in [0.25, 0.3) is 0 Å². The summed E-state index contributed by atoms with van der Waals surface area (Å²) < 4.78 is 5.40. The van der Waals surface area contributed by atoms with Crippen LogP contribution in [-0.4, -0.2) is 73.3 Å². The molecular formula is C15H26N4OS. The summed E-state index contributed by atoms with van der Waals surface area (Å²) in [6, 6.07) is 0. The van der Waals surface area contributed by atoms with E-state index in [4.69, 9.17) is 4.74 Å². The van der Waals surface area contributed by atoms with Crippen molar-refractivity contribution < 1.29 is 4.74 Å². The fraction of sp³-hybridized carbons (Fsp3) is 0.800. The van der Waals surface area contributed by atoms with Crippen LogP contribution in [0.15, 0.2) is 6.20 Å². The summed E-state index contributed by atoms with van der Waals surface area (Å²) in [6.45, 7) is 12.7. The lowest BCUT2D eigenvalue weighted by molar-refractivity contribution is 0.0365. The van der Waals surface area contributed by atoms with Gasteiger partial charge in [0, 0.05) is 55.9 Å². The third-order valence-electron chi connectivity index (χ3n) is 4.60. The number of hydrogen-bond acceptors (Lipinski definition) is 6. The van der Waals surface area contributed by atoms with Crippen LogP contribution in [-0.2, 0) is 11.3 Å². The van der Waals surface area contributed by atoms with Crippen LogP contribution in [0.5, 0.6) is 0 Å². The monoisotopic (exact) mass is 310 g/mol. The summed E-state index contributed by atoms with van der Waals surface area (Å²) in [4.78, 5) is 13.3. The molecule has 0 N–H and O–H groups in total. The minimum atomic E-state index is 0.260. The summed E-state index contributed by atoms with van der Waals surface area (Å²) in [6.07, 6.45) is 2.06. The molecule has 5 nitrogen and oxygen atoms in total. The van der Waals surface area contributed by atoms with Crippen LogP contribution >= 0.6 is 11.3 Å². The van der Waals surface area contributed by atoms with Crippen LogP contribution < -0.4 is 4.90 Å². The zero-order valence-electron chi connectivity index (χ0n) is 13.3. The van der Waals surface area contributed by atoms with Crippen molar-refractivity contribution in [3.05, 3.63) is 11.1 Å². The summed E-state index contributed by atoms with van der Waals surface area (Å²) in [5.74, 6) is 0. The molecule has 2 saturated heterocycles. The fourth-order valence-corrected chi connectivity index (χ4v) is 3.97. The number of nitrogens with zero attached hydrogens (tertiary/aromatic N) is 4. The second kappa shape index (κ2) is 6.20. The zero-order chi connectivity index (χ0) is 14.9. The van der Waals surface area contributed by atoms with Crippen molar-refractivity contribution in [1.82, 2.24) is 14.8 Å². The molecule has 2 aliphatic rings. The van der Waals surface area contributed by atoms with Gasteiger partial charge in [-0.2, -0.15) is 0 Å². The van der Waals surface area contributed by atoms with E-state index in [9.17, 15) is 0 Å². The largest absolute Gasteiger partial charge is 0.378 e. The average molecular weight is 310 g/mol. The number of thiazole rings is 1. The van der Waals surface area contributed by atoms with Crippen LogP contribution in [0, 0.1) is 0 Å². The van der Waals surface area contributed by atoms with Crippen LogP contribution in [0.25, 0.3) is 0 Å². The molecule has 0 aliphatic carbocycles. The number of aromatic nitrogens is 1. The third kappa shape index (κ3) is 3.56. The SMILES string of the molecule is CN1CCN(Cc2cnc(N3CCOCC3)s2)CC1(C)C. The van der Waals surface area contributed by atoms with Crippen LogP contribution in [0.2, 0.25) is 0 Å². The molecule has 2 aliphatic heterocycles. The Balaban J connectivity index is 1.59. The highest BCUT2D eigenvalue weighted by molar-refractivity contribution is 7.15. The maximum absolute atomic E-state index is 5.40. The van der Waals surface area contributed by atoms with Crippen molar-refractivity contribution in [3.63, 3.8) is 0 Å². The summed E-state index contributed by atoms with van der Waals surface area (Å²) in [5.41, 5.74) is 0.260. The molecule has 118 valence electrons. The lowest BCUT2D eigenvalue weighted by Crippen LogP contribution is -2.57.